The Morgan fingerprint density at radius 1 is 1.53 bits per heavy atom. The summed E-state index contributed by atoms with van der Waals surface area (Å²) in [5, 5.41) is 9.32. The minimum Gasteiger partial charge on any atom is -0.481 e. The zero-order valence-electron chi connectivity index (χ0n) is 10.6. The van der Waals surface area contributed by atoms with Gasteiger partial charge >= 0.3 is 5.97 Å². The highest BCUT2D eigenvalue weighted by Gasteiger charge is 2.42. The zero-order valence-corrected chi connectivity index (χ0v) is 10.6. The fraction of sp³-hybridized carbons (Fsp3) is 0.833. The van der Waals surface area contributed by atoms with Crippen molar-refractivity contribution in [3.8, 4) is 0 Å². The Labute approximate surface area is 102 Å². The van der Waals surface area contributed by atoms with Crippen molar-refractivity contribution in [2.45, 2.75) is 33.1 Å². The van der Waals surface area contributed by atoms with Gasteiger partial charge in [-0.2, -0.15) is 0 Å². The number of carboxylic acid groups (broad SMARTS) is 1. The number of aliphatic carboxylic acids is 1. The number of likely N-dealkylation sites (tertiary alicyclic amines) is 1. The van der Waals surface area contributed by atoms with Crippen LogP contribution in [-0.4, -0.2) is 41.5 Å². The molecule has 0 radical (unpaired) electrons. The Morgan fingerprint density at radius 3 is 2.65 bits per heavy atom. The van der Waals surface area contributed by atoms with Crippen LogP contribution in [0.4, 0.5) is 0 Å². The molecular formula is C12H22N2O3. The van der Waals surface area contributed by atoms with Crippen LogP contribution >= 0.6 is 0 Å². The predicted octanol–water partition coefficient (Wildman–Crippen LogP) is 0.685. The maximum atomic E-state index is 12.0. The molecule has 0 aromatic carbocycles. The highest BCUT2D eigenvalue weighted by atomic mass is 16.4. The van der Waals surface area contributed by atoms with E-state index in [0.29, 0.717) is 32.5 Å². The lowest BCUT2D eigenvalue weighted by Gasteiger charge is -2.40. The number of nitrogens with zero attached hydrogens (tertiary/aromatic N) is 1. The number of carboxylic acids is 1. The van der Waals surface area contributed by atoms with Crippen molar-refractivity contribution in [3.63, 3.8) is 0 Å². The molecule has 2 unspecified atom stereocenters. The van der Waals surface area contributed by atoms with Gasteiger partial charge in [0.2, 0.25) is 5.91 Å². The fourth-order valence-corrected chi connectivity index (χ4v) is 2.35. The number of rotatable bonds is 4. The first-order valence-electron chi connectivity index (χ1n) is 6.19. The molecule has 98 valence electrons. The van der Waals surface area contributed by atoms with Gasteiger partial charge in [-0.05, 0) is 19.3 Å². The lowest BCUT2D eigenvalue weighted by Crippen LogP contribution is -2.51. The van der Waals surface area contributed by atoms with Crippen LogP contribution in [0.25, 0.3) is 0 Å². The average molecular weight is 242 g/mol. The quantitative estimate of drug-likeness (QED) is 0.759. The highest BCUT2D eigenvalue weighted by Crippen LogP contribution is 2.34. The summed E-state index contributed by atoms with van der Waals surface area (Å²) in [5.41, 5.74) is 4.71. The molecule has 0 aromatic heterocycles. The van der Waals surface area contributed by atoms with Gasteiger partial charge in [-0.25, -0.2) is 0 Å². The van der Waals surface area contributed by atoms with Crippen molar-refractivity contribution in [2.24, 2.45) is 17.1 Å². The van der Waals surface area contributed by atoms with Crippen molar-refractivity contribution in [2.75, 3.05) is 19.6 Å². The van der Waals surface area contributed by atoms with E-state index in [1.807, 2.05) is 6.92 Å². The molecule has 5 nitrogen and oxygen atoms in total. The Bertz CT molecular complexity index is 306. The van der Waals surface area contributed by atoms with Crippen LogP contribution in [0.5, 0.6) is 0 Å². The summed E-state index contributed by atoms with van der Waals surface area (Å²) in [6.45, 7) is 4.93. The van der Waals surface area contributed by atoms with Crippen LogP contribution in [0.1, 0.15) is 33.1 Å². The van der Waals surface area contributed by atoms with Gasteiger partial charge < -0.3 is 15.7 Å². The topological polar surface area (TPSA) is 83.6 Å². The van der Waals surface area contributed by atoms with Crippen molar-refractivity contribution in [1.29, 1.82) is 0 Å². The second kappa shape index (κ2) is 5.49. The summed E-state index contributed by atoms with van der Waals surface area (Å²) in [6.07, 6.45) is 1.96. The molecule has 0 aliphatic carbocycles. The number of piperidine rings is 1. The molecule has 3 N–H and O–H groups in total. The minimum atomic E-state index is -0.794. The third-order valence-electron chi connectivity index (χ3n) is 3.79. The van der Waals surface area contributed by atoms with E-state index < -0.39 is 11.4 Å². The first kappa shape index (κ1) is 14.0. The maximum Gasteiger partial charge on any atom is 0.311 e. The van der Waals surface area contributed by atoms with Gasteiger partial charge in [0, 0.05) is 25.6 Å². The molecule has 1 aliphatic rings. The number of hydrogen-bond acceptors (Lipinski definition) is 3. The van der Waals surface area contributed by atoms with E-state index in [0.717, 1.165) is 6.42 Å². The van der Waals surface area contributed by atoms with Crippen LogP contribution in [-0.2, 0) is 9.59 Å². The normalized spacial score (nSPS) is 26.6. The third-order valence-corrected chi connectivity index (χ3v) is 3.79. The Morgan fingerprint density at radius 2 is 2.18 bits per heavy atom. The summed E-state index contributed by atoms with van der Waals surface area (Å²) >= 11 is 0. The summed E-state index contributed by atoms with van der Waals surface area (Å²) in [6, 6.07) is 0. The zero-order chi connectivity index (χ0) is 13.1. The van der Waals surface area contributed by atoms with Gasteiger partial charge in [0.1, 0.15) is 0 Å². The molecule has 5 heteroatoms. The first-order valence-corrected chi connectivity index (χ1v) is 6.19. The van der Waals surface area contributed by atoms with Crippen molar-refractivity contribution in [1.82, 2.24) is 4.90 Å². The third kappa shape index (κ3) is 2.77. The van der Waals surface area contributed by atoms with Crippen LogP contribution in [0.3, 0.4) is 0 Å². The monoisotopic (exact) mass is 242 g/mol. The van der Waals surface area contributed by atoms with Crippen LogP contribution < -0.4 is 5.73 Å². The number of carbonyl (C=O) groups excluding carboxylic acids is 1. The van der Waals surface area contributed by atoms with E-state index >= 15 is 0 Å². The minimum absolute atomic E-state index is 0.0220. The highest BCUT2D eigenvalue weighted by molar-refractivity contribution is 5.81. The van der Waals surface area contributed by atoms with Gasteiger partial charge in [0.15, 0.2) is 0 Å². The van der Waals surface area contributed by atoms with Crippen LogP contribution in [0, 0.1) is 11.3 Å². The molecule has 1 fully saturated rings. The van der Waals surface area contributed by atoms with Gasteiger partial charge in [-0.3, -0.25) is 9.59 Å². The van der Waals surface area contributed by atoms with Crippen molar-refractivity contribution < 1.29 is 14.7 Å². The summed E-state index contributed by atoms with van der Waals surface area (Å²) in [4.78, 5) is 25.0. The Kier molecular flexibility index (Phi) is 4.51. The number of nitrogens with two attached hydrogens (primary N) is 1. The first-order chi connectivity index (χ1) is 7.96. The molecular weight excluding hydrogens is 220 g/mol. The summed E-state index contributed by atoms with van der Waals surface area (Å²) < 4.78 is 0. The van der Waals surface area contributed by atoms with E-state index in [1.54, 1.807) is 11.8 Å². The van der Waals surface area contributed by atoms with Gasteiger partial charge in [-0.1, -0.05) is 13.8 Å². The Balaban J connectivity index is 2.78. The molecule has 1 aliphatic heterocycles. The van der Waals surface area contributed by atoms with E-state index in [9.17, 15) is 14.7 Å². The SMILES string of the molecule is CCC1(C(=O)O)CCCN(C(=O)C(C)CN)C1. The van der Waals surface area contributed by atoms with E-state index in [2.05, 4.69) is 0 Å². The standard InChI is InChI=1S/C12H22N2O3/c1-3-12(11(16)17)5-4-6-14(8-12)10(15)9(2)7-13/h9H,3-8,13H2,1-2H3,(H,16,17). The maximum absolute atomic E-state index is 12.0. The molecule has 1 saturated heterocycles. The average Bonchev–Trinajstić information content (AvgIpc) is 2.36. The second-order valence-electron chi connectivity index (χ2n) is 4.94. The molecule has 0 saturated carbocycles. The number of amides is 1. The van der Waals surface area contributed by atoms with Gasteiger partial charge in [-0.15, -0.1) is 0 Å². The molecule has 0 aromatic rings. The van der Waals surface area contributed by atoms with Crippen molar-refractivity contribution in [3.05, 3.63) is 0 Å². The van der Waals surface area contributed by atoms with Gasteiger partial charge in [0.25, 0.3) is 0 Å². The predicted molar refractivity (Wildman–Crippen MR) is 64.4 cm³/mol. The number of carbonyl (C=O) groups is 2. The molecule has 17 heavy (non-hydrogen) atoms. The lowest BCUT2D eigenvalue weighted by atomic mass is 9.77. The molecule has 1 heterocycles. The summed E-state index contributed by atoms with van der Waals surface area (Å²) in [7, 11) is 0. The fourth-order valence-electron chi connectivity index (χ4n) is 2.35. The van der Waals surface area contributed by atoms with Crippen LogP contribution in [0.15, 0.2) is 0 Å². The number of hydrogen-bond donors (Lipinski definition) is 2. The molecule has 0 bridgehead atoms. The van der Waals surface area contributed by atoms with Gasteiger partial charge in [0.05, 0.1) is 5.41 Å². The molecule has 1 rings (SSSR count). The lowest BCUT2D eigenvalue weighted by molar-refractivity contribution is -0.156. The van der Waals surface area contributed by atoms with E-state index in [4.69, 9.17) is 5.73 Å². The Hall–Kier alpha value is -1.10. The second-order valence-corrected chi connectivity index (χ2v) is 4.94. The largest absolute Gasteiger partial charge is 0.481 e. The smallest absolute Gasteiger partial charge is 0.311 e. The molecule has 1 amide bonds. The van der Waals surface area contributed by atoms with Crippen LogP contribution in [0.2, 0.25) is 0 Å². The van der Waals surface area contributed by atoms with E-state index in [1.165, 1.54) is 0 Å². The van der Waals surface area contributed by atoms with E-state index in [-0.39, 0.29) is 11.8 Å². The summed E-state index contributed by atoms with van der Waals surface area (Å²) in [5.74, 6) is -1.04. The van der Waals surface area contributed by atoms with Crippen molar-refractivity contribution >= 4 is 11.9 Å². The molecule has 2 atom stereocenters. The molecule has 0 spiro atoms.